The summed E-state index contributed by atoms with van der Waals surface area (Å²) < 4.78 is 0. The van der Waals surface area contributed by atoms with Crippen molar-refractivity contribution in [2.75, 3.05) is 0 Å². The first-order chi connectivity index (χ1) is 11.9. The Balaban J connectivity index is 1.72. The minimum Gasteiger partial charge on any atom is -0.257 e. The van der Waals surface area contributed by atoms with Gasteiger partial charge in [-0.1, -0.05) is 60.7 Å². The fraction of sp³-hybridized carbons (Fsp3) is 0.174. The highest BCUT2D eigenvalue weighted by molar-refractivity contribution is 5.90. The quantitative estimate of drug-likeness (QED) is 0.558. The maximum atomic E-state index is 4.59. The van der Waals surface area contributed by atoms with Crippen LogP contribution in [0, 0.1) is 0 Å². The van der Waals surface area contributed by atoms with E-state index in [4.69, 9.17) is 0 Å². The van der Waals surface area contributed by atoms with E-state index in [-0.39, 0.29) is 0 Å². The minimum absolute atomic E-state index is 1.13. The third-order valence-corrected chi connectivity index (χ3v) is 4.78. The van der Waals surface area contributed by atoms with E-state index in [1.807, 2.05) is 12.3 Å². The van der Waals surface area contributed by atoms with Crippen LogP contribution >= 0.6 is 0 Å². The molecule has 0 bridgehead atoms. The number of aromatic nitrogens is 1. The van der Waals surface area contributed by atoms with Crippen molar-refractivity contribution < 1.29 is 0 Å². The van der Waals surface area contributed by atoms with Crippen molar-refractivity contribution in [2.45, 2.75) is 25.7 Å². The number of pyridine rings is 1. The smallest absolute Gasteiger partial charge is 0.0664 e. The van der Waals surface area contributed by atoms with Gasteiger partial charge in [0.25, 0.3) is 0 Å². The molecule has 0 spiro atoms. The van der Waals surface area contributed by atoms with E-state index in [2.05, 4.69) is 71.7 Å². The summed E-state index contributed by atoms with van der Waals surface area (Å²) in [7, 11) is 0. The molecule has 1 heteroatoms. The summed E-state index contributed by atoms with van der Waals surface area (Å²) >= 11 is 0. The lowest BCUT2D eigenvalue weighted by atomic mass is 9.85. The summed E-state index contributed by atoms with van der Waals surface area (Å²) in [4.78, 5) is 4.59. The molecule has 0 saturated carbocycles. The Labute approximate surface area is 143 Å². The molecular weight excluding hydrogens is 290 g/mol. The van der Waals surface area contributed by atoms with Crippen molar-refractivity contribution >= 4 is 11.1 Å². The number of rotatable bonds is 3. The number of nitrogens with zero attached hydrogens (tertiary/aromatic N) is 1. The van der Waals surface area contributed by atoms with Crippen LogP contribution < -0.4 is 0 Å². The van der Waals surface area contributed by atoms with Crippen molar-refractivity contribution in [3.8, 4) is 11.1 Å². The van der Waals surface area contributed by atoms with Crippen LogP contribution in [0.15, 0.2) is 79.0 Å². The topological polar surface area (TPSA) is 12.9 Å². The monoisotopic (exact) mass is 311 g/mol. The maximum Gasteiger partial charge on any atom is 0.0664 e. The molecule has 0 unspecified atom stereocenters. The van der Waals surface area contributed by atoms with Crippen LogP contribution in [0.4, 0.5) is 0 Å². The van der Waals surface area contributed by atoms with Crippen molar-refractivity contribution in [3.63, 3.8) is 0 Å². The van der Waals surface area contributed by atoms with Gasteiger partial charge in [-0.3, -0.25) is 4.98 Å². The van der Waals surface area contributed by atoms with E-state index in [0.29, 0.717) is 0 Å². The highest BCUT2D eigenvalue weighted by atomic mass is 14.7. The lowest BCUT2D eigenvalue weighted by molar-refractivity contribution is 0.751. The Hall–Kier alpha value is -2.67. The first-order valence-electron chi connectivity index (χ1n) is 8.71. The molecule has 3 aromatic rings. The van der Waals surface area contributed by atoms with Crippen molar-refractivity contribution in [1.29, 1.82) is 0 Å². The fourth-order valence-corrected chi connectivity index (χ4v) is 3.54. The average molecular weight is 311 g/mol. The SMILES string of the molecule is c1ccc(-c2ccc(C3=C(c4ccccn4)CCCC3)cc2)cc1. The molecule has 0 N–H and O–H groups in total. The fourth-order valence-electron chi connectivity index (χ4n) is 3.54. The summed E-state index contributed by atoms with van der Waals surface area (Å²) in [5.41, 5.74) is 7.92. The molecule has 0 amide bonds. The number of hydrogen-bond acceptors (Lipinski definition) is 1. The highest BCUT2D eigenvalue weighted by Crippen LogP contribution is 2.37. The standard InChI is InChI=1S/C23H21N/c1-2-8-18(9-3-1)19-13-15-20(16-14-19)21-10-4-5-11-22(21)23-12-6-7-17-24-23/h1-3,6-9,12-17H,4-5,10-11H2. The Morgan fingerprint density at radius 1 is 0.542 bits per heavy atom. The summed E-state index contributed by atoms with van der Waals surface area (Å²) in [6.45, 7) is 0. The van der Waals surface area contributed by atoms with E-state index < -0.39 is 0 Å². The molecule has 1 aromatic heterocycles. The van der Waals surface area contributed by atoms with Gasteiger partial charge < -0.3 is 0 Å². The zero-order valence-electron chi connectivity index (χ0n) is 13.8. The van der Waals surface area contributed by atoms with Gasteiger partial charge in [0.2, 0.25) is 0 Å². The molecule has 2 aromatic carbocycles. The van der Waals surface area contributed by atoms with Gasteiger partial charge in [-0.25, -0.2) is 0 Å². The minimum atomic E-state index is 1.13. The maximum absolute atomic E-state index is 4.59. The second-order valence-corrected chi connectivity index (χ2v) is 6.32. The largest absolute Gasteiger partial charge is 0.257 e. The Kier molecular flexibility index (Phi) is 4.24. The molecule has 118 valence electrons. The first-order valence-corrected chi connectivity index (χ1v) is 8.71. The molecule has 1 aliphatic rings. The molecule has 0 aliphatic heterocycles. The molecule has 1 aliphatic carbocycles. The molecule has 0 atom stereocenters. The summed E-state index contributed by atoms with van der Waals surface area (Å²) in [6.07, 6.45) is 6.71. The summed E-state index contributed by atoms with van der Waals surface area (Å²) in [5.74, 6) is 0. The number of benzene rings is 2. The van der Waals surface area contributed by atoms with E-state index in [0.717, 1.165) is 18.5 Å². The van der Waals surface area contributed by atoms with Crippen LogP contribution in [-0.2, 0) is 0 Å². The summed E-state index contributed by atoms with van der Waals surface area (Å²) in [6, 6.07) is 25.8. The third-order valence-electron chi connectivity index (χ3n) is 4.78. The van der Waals surface area contributed by atoms with Gasteiger partial charge in [-0.2, -0.15) is 0 Å². The van der Waals surface area contributed by atoms with Gasteiger partial charge in [0.05, 0.1) is 5.69 Å². The zero-order valence-corrected chi connectivity index (χ0v) is 13.8. The molecular formula is C23H21N. The Morgan fingerprint density at radius 2 is 1.17 bits per heavy atom. The zero-order chi connectivity index (χ0) is 16.2. The molecule has 1 heterocycles. The van der Waals surface area contributed by atoms with Crippen LogP contribution in [0.3, 0.4) is 0 Å². The predicted molar refractivity (Wildman–Crippen MR) is 101 cm³/mol. The van der Waals surface area contributed by atoms with E-state index in [1.165, 1.54) is 40.7 Å². The molecule has 0 radical (unpaired) electrons. The van der Waals surface area contributed by atoms with Crippen molar-refractivity contribution in [3.05, 3.63) is 90.3 Å². The van der Waals surface area contributed by atoms with Gasteiger partial charge in [-0.15, -0.1) is 0 Å². The van der Waals surface area contributed by atoms with Gasteiger partial charge in [0.15, 0.2) is 0 Å². The van der Waals surface area contributed by atoms with Crippen LogP contribution in [0.2, 0.25) is 0 Å². The van der Waals surface area contributed by atoms with Gasteiger partial charge in [0.1, 0.15) is 0 Å². The number of allylic oxidation sites excluding steroid dienone is 2. The van der Waals surface area contributed by atoms with Crippen molar-refractivity contribution in [1.82, 2.24) is 4.98 Å². The molecule has 24 heavy (non-hydrogen) atoms. The molecule has 4 rings (SSSR count). The highest BCUT2D eigenvalue weighted by Gasteiger charge is 2.16. The van der Waals surface area contributed by atoms with E-state index in [1.54, 1.807) is 0 Å². The molecule has 0 fully saturated rings. The second-order valence-electron chi connectivity index (χ2n) is 6.32. The third kappa shape index (κ3) is 3.03. The summed E-state index contributed by atoms with van der Waals surface area (Å²) in [5, 5.41) is 0. The van der Waals surface area contributed by atoms with Crippen LogP contribution in [0.1, 0.15) is 36.9 Å². The molecule has 0 saturated heterocycles. The Bertz CT molecular complexity index is 830. The number of hydrogen-bond donors (Lipinski definition) is 0. The van der Waals surface area contributed by atoms with Gasteiger partial charge >= 0.3 is 0 Å². The van der Waals surface area contributed by atoms with E-state index >= 15 is 0 Å². The Morgan fingerprint density at radius 3 is 1.88 bits per heavy atom. The van der Waals surface area contributed by atoms with Crippen LogP contribution in [0.25, 0.3) is 22.3 Å². The predicted octanol–water partition coefficient (Wildman–Crippen LogP) is 6.23. The second kappa shape index (κ2) is 6.84. The molecule has 1 nitrogen and oxygen atoms in total. The van der Waals surface area contributed by atoms with Crippen LogP contribution in [-0.4, -0.2) is 4.98 Å². The lowest BCUT2D eigenvalue weighted by Crippen LogP contribution is -2.00. The van der Waals surface area contributed by atoms with Crippen LogP contribution in [0.5, 0.6) is 0 Å². The van der Waals surface area contributed by atoms with Crippen molar-refractivity contribution in [2.24, 2.45) is 0 Å². The van der Waals surface area contributed by atoms with Gasteiger partial charge in [0, 0.05) is 6.20 Å². The van der Waals surface area contributed by atoms with E-state index in [9.17, 15) is 0 Å². The first kappa shape index (κ1) is 14.9. The average Bonchev–Trinajstić information content (AvgIpc) is 2.69. The lowest BCUT2D eigenvalue weighted by Gasteiger charge is -2.20. The normalized spacial score (nSPS) is 14.7. The van der Waals surface area contributed by atoms with Gasteiger partial charge in [-0.05, 0) is 65.7 Å².